The molecule has 0 spiro atoms. The summed E-state index contributed by atoms with van der Waals surface area (Å²) >= 11 is 19.2. The Morgan fingerprint density at radius 3 is 2.42 bits per heavy atom. The lowest BCUT2D eigenvalue weighted by molar-refractivity contribution is -0.136. The van der Waals surface area contributed by atoms with Crippen molar-refractivity contribution in [2.45, 2.75) is 6.42 Å². The largest absolute Gasteiger partial charge is 0.481 e. The van der Waals surface area contributed by atoms with Crippen molar-refractivity contribution in [1.82, 2.24) is 4.98 Å². The average Bonchev–Trinajstić information content (AvgIpc) is 2.99. The highest BCUT2D eigenvalue weighted by atomic mass is 35.5. The minimum absolute atomic E-state index is 0.0871. The van der Waals surface area contributed by atoms with Gasteiger partial charge in [0.25, 0.3) is 0 Å². The second kappa shape index (κ2) is 8.23. The number of rotatable bonds is 5. The zero-order chi connectivity index (χ0) is 18.7. The number of carboxylic acid groups (broad SMARTS) is 1. The molecule has 0 bridgehead atoms. The number of carbonyl (C=O) groups is 1. The SMILES string of the molecule is O=C(O)Cc1sc(/C=C/c2ccc(Cl)c(Cl)c2)nc1-c1ccc(Cl)cc1. The summed E-state index contributed by atoms with van der Waals surface area (Å²) in [5.74, 6) is -0.899. The topological polar surface area (TPSA) is 50.2 Å². The van der Waals surface area contributed by atoms with Crippen molar-refractivity contribution in [2.75, 3.05) is 0 Å². The molecule has 0 atom stereocenters. The van der Waals surface area contributed by atoms with Crippen LogP contribution in [-0.4, -0.2) is 16.1 Å². The van der Waals surface area contributed by atoms with Gasteiger partial charge < -0.3 is 5.11 Å². The van der Waals surface area contributed by atoms with Crippen molar-refractivity contribution in [3.05, 3.63) is 73.0 Å². The Morgan fingerprint density at radius 1 is 1.04 bits per heavy atom. The van der Waals surface area contributed by atoms with Crippen molar-refractivity contribution in [2.24, 2.45) is 0 Å². The van der Waals surface area contributed by atoms with Gasteiger partial charge in [0.05, 0.1) is 22.2 Å². The molecule has 0 amide bonds. The third-order valence-electron chi connectivity index (χ3n) is 3.51. The van der Waals surface area contributed by atoms with E-state index in [0.717, 1.165) is 11.1 Å². The molecule has 0 fully saturated rings. The predicted molar refractivity (Wildman–Crippen MR) is 109 cm³/mol. The fourth-order valence-electron chi connectivity index (χ4n) is 2.32. The van der Waals surface area contributed by atoms with Gasteiger partial charge in [-0.25, -0.2) is 4.98 Å². The Kier molecular flexibility index (Phi) is 5.99. The summed E-state index contributed by atoms with van der Waals surface area (Å²) in [6, 6.07) is 12.5. The maximum atomic E-state index is 11.2. The van der Waals surface area contributed by atoms with Crippen LogP contribution in [0.1, 0.15) is 15.4 Å². The third-order valence-corrected chi connectivity index (χ3v) is 5.52. The molecule has 1 N–H and O–H groups in total. The Morgan fingerprint density at radius 2 is 1.77 bits per heavy atom. The van der Waals surface area contributed by atoms with Crippen molar-refractivity contribution in [1.29, 1.82) is 0 Å². The molecule has 1 aromatic heterocycles. The lowest BCUT2D eigenvalue weighted by Crippen LogP contribution is -1.99. The van der Waals surface area contributed by atoms with Gasteiger partial charge in [0, 0.05) is 15.5 Å². The number of aromatic nitrogens is 1. The van der Waals surface area contributed by atoms with E-state index in [2.05, 4.69) is 4.98 Å². The number of carboxylic acids is 1. The minimum atomic E-state index is -0.899. The van der Waals surface area contributed by atoms with Crippen molar-refractivity contribution in [3.63, 3.8) is 0 Å². The normalized spacial score (nSPS) is 11.2. The molecular formula is C19H12Cl3NO2S. The molecule has 26 heavy (non-hydrogen) atoms. The second-order valence-electron chi connectivity index (χ2n) is 5.41. The molecule has 0 saturated carbocycles. The quantitative estimate of drug-likeness (QED) is 0.504. The molecule has 1 heterocycles. The molecule has 3 rings (SSSR count). The van der Waals surface area contributed by atoms with Crippen LogP contribution in [0.2, 0.25) is 15.1 Å². The van der Waals surface area contributed by atoms with E-state index in [1.165, 1.54) is 11.3 Å². The van der Waals surface area contributed by atoms with Crippen molar-refractivity contribution >= 4 is 64.3 Å². The number of hydrogen-bond donors (Lipinski definition) is 1. The summed E-state index contributed by atoms with van der Waals surface area (Å²) in [6.45, 7) is 0. The van der Waals surface area contributed by atoms with E-state index in [4.69, 9.17) is 39.9 Å². The van der Waals surface area contributed by atoms with Crippen LogP contribution in [0.15, 0.2) is 42.5 Å². The molecule has 0 aliphatic heterocycles. The van der Waals surface area contributed by atoms with Gasteiger partial charge in [-0.15, -0.1) is 11.3 Å². The summed E-state index contributed by atoms with van der Waals surface area (Å²) < 4.78 is 0. The van der Waals surface area contributed by atoms with Crippen LogP contribution >= 0.6 is 46.1 Å². The maximum absolute atomic E-state index is 11.2. The molecule has 132 valence electrons. The molecule has 3 aromatic rings. The van der Waals surface area contributed by atoms with E-state index >= 15 is 0 Å². The highest BCUT2D eigenvalue weighted by molar-refractivity contribution is 7.13. The highest BCUT2D eigenvalue weighted by Crippen LogP contribution is 2.31. The number of hydrogen-bond acceptors (Lipinski definition) is 3. The van der Waals surface area contributed by atoms with Gasteiger partial charge >= 0.3 is 5.97 Å². The van der Waals surface area contributed by atoms with Gasteiger partial charge in [-0.05, 0) is 35.9 Å². The van der Waals surface area contributed by atoms with Gasteiger partial charge in [0.2, 0.25) is 0 Å². The zero-order valence-electron chi connectivity index (χ0n) is 13.2. The molecule has 0 radical (unpaired) electrons. The van der Waals surface area contributed by atoms with Gasteiger partial charge in [-0.3, -0.25) is 4.79 Å². The Hall–Kier alpha value is -1.85. The first-order valence-electron chi connectivity index (χ1n) is 7.53. The van der Waals surface area contributed by atoms with Crippen LogP contribution in [0.4, 0.5) is 0 Å². The minimum Gasteiger partial charge on any atom is -0.481 e. The predicted octanol–water partition coefficient (Wildman–Crippen LogP) is 6.57. The molecule has 0 unspecified atom stereocenters. The van der Waals surface area contributed by atoms with E-state index in [9.17, 15) is 4.79 Å². The first kappa shape index (κ1) is 18.9. The fraction of sp³-hybridized carbons (Fsp3) is 0.0526. The summed E-state index contributed by atoms with van der Waals surface area (Å²) in [7, 11) is 0. The lowest BCUT2D eigenvalue weighted by Gasteiger charge is -2.00. The van der Waals surface area contributed by atoms with Gasteiger partial charge in [-0.2, -0.15) is 0 Å². The number of nitrogens with zero attached hydrogens (tertiary/aromatic N) is 1. The highest BCUT2D eigenvalue weighted by Gasteiger charge is 2.15. The first-order chi connectivity index (χ1) is 12.4. The number of halogens is 3. The fourth-order valence-corrected chi connectivity index (χ4v) is 3.73. The van der Waals surface area contributed by atoms with E-state index in [1.807, 2.05) is 30.4 Å². The Bertz CT molecular complexity index is 981. The van der Waals surface area contributed by atoms with Gasteiger partial charge in [-0.1, -0.05) is 59.1 Å². The van der Waals surface area contributed by atoms with E-state index in [1.54, 1.807) is 24.3 Å². The molecule has 3 nitrogen and oxygen atoms in total. The van der Waals surface area contributed by atoms with Crippen LogP contribution < -0.4 is 0 Å². The van der Waals surface area contributed by atoms with Crippen LogP contribution in [0, 0.1) is 0 Å². The molecular weight excluding hydrogens is 413 g/mol. The zero-order valence-corrected chi connectivity index (χ0v) is 16.3. The molecule has 0 aliphatic carbocycles. The van der Waals surface area contributed by atoms with Gasteiger partial charge in [0.15, 0.2) is 0 Å². The second-order valence-corrected chi connectivity index (χ2v) is 7.77. The van der Waals surface area contributed by atoms with Crippen LogP contribution in [0.5, 0.6) is 0 Å². The Labute approximate surface area is 169 Å². The van der Waals surface area contributed by atoms with E-state index in [0.29, 0.717) is 30.6 Å². The van der Waals surface area contributed by atoms with Crippen molar-refractivity contribution < 1.29 is 9.90 Å². The lowest BCUT2D eigenvalue weighted by atomic mass is 10.1. The van der Waals surface area contributed by atoms with Crippen LogP contribution in [-0.2, 0) is 11.2 Å². The first-order valence-corrected chi connectivity index (χ1v) is 9.48. The molecule has 7 heteroatoms. The maximum Gasteiger partial charge on any atom is 0.308 e. The monoisotopic (exact) mass is 423 g/mol. The van der Waals surface area contributed by atoms with E-state index in [-0.39, 0.29) is 6.42 Å². The number of thiazole rings is 1. The van der Waals surface area contributed by atoms with Crippen LogP contribution in [0.25, 0.3) is 23.4 Å². The van der Waals surface area contributed by atoms with Crippen LogP contribution in [0.3, 0.4) is 0 Å². The number of benzene rings is 2. The van der Waals surface area contributed by atoms with Gasteiger partial charge in [0.1, 0.15) is 5.01 Å². The summed E-state index contributed by atoms with van der Waals surface area (Å²) in [4.78, 5) is 16.4. The Balaban J connectivity index is 1.94. The summed E-state index contributed by atoms with van der Waals surface area (Å²) in [5, 5.41) is 11.5. The smallest absolute Gasteiger partial charge is 0.308 e. The molecule has 2 aromatic carbocycles. The molecule has 0 aliphatic rings. The third kappa shape index (κ3) is 4.65. The van der Waals surface area contributed by atoms with E-state index < -0.39 is 5.97 Å². The molecule has 0 saturated heterocycles. The summed E-state index contributed by atoms with van der Waals surface area (Å²) in [6.07, 6.45) is 3.60. The average molecular weight is 425 g/mol. The van der Waals surface area contributed by atoms with Crippen molar-refractivity contribution in [3.8, 4) is 11.3 Å². The standard InChI is InChI=1S/C19H12Cl3NO2S/c20-13-5-3-12(4-6-13)19-16(10-18(24)25)26-17(23-19)8-2-11-1-7-14(21)15(22)9-11/h1-9H,10H2,(H,24,25)/b8-2+. The number of aliphatic carboxylic acids is 1. The summed E-state index contributed by atoms with van der Waals surface area (Å²) in [5.41, 5.74) is 2.36.